The fraction of sp³-hybridized carbons (Fsp3) is 0.286. The maximum Gasteiger partial charge on any atom is 0.257 e. The molecule has 0 unspecified atom stereocenters. The predicted octanol–water partition coefficient (Wildman–Crippen LogP) is 4.16. The second-order valence-corrected chi connectivity index (χ2v) is 7.45. The number of nitrogens with one attached hydrogen (secondary N) is 1. The number of rotatable bonds is 8. The summed E-state index contributed by atoms with van der Waals surface area (Å²) in [4.78, 5) is 12.7. The van der Waals surface area contributed by atoms with Gasteiger partial charge in [0.2, 0.25) is 10.9 Å². The van der Waals surface area contributed by atoms with Crippen LogP contribution in [0.2, 0.25) is 0 Å². The molecule has 1 atom stereocenters. The maximum atomic E-state index is 12.7. The summed E-state index contributed by atoms with van der Waals surface area (Å²) >= 11 is 1.37. The summed E-state index contributed by atoms with van der Waals surface area (Å²) in [5, 5.41) is 12.4. The van der Waals surface area contributed by atoms with Crippen molar-refractivity contribution in [1.29, 1.82) is 0 Å². The number of carbonyl (C=O) groups is 1. The van der Waals surface area contributed by atoms with E-state index in [1.807, 2.05) is 18.2 Å². The number of nitrogens with zero attached hydrogens (tertiary/aromatic N) is 2. The van der Waals surface area contributed by atoms with Crippen molar-refractivity contribution < 1.29 is 19.0 Å². The zero-order valence-corrected chi connectivity index (χ0v) is 17.6. The predicted molar refractivity (Wildman–Crippen MR) is 113 cm³/mol. The Kier molecular flexibility index (Phi) is 6.66. The van der Waals surface area contributed by atoms with Crippen molar-refractivity contribution >= 4 is 22.4 Å². The summed E-state index contributed by atoms with van der Waals surface area (Å²) in [6, 6.07) is 13.4. The molecule has 1 amide bonds. The number of hydrogen-bond acceptors (Lipinski definition) is 7. The van der Waals surface area contributed by atoms with Gasteiger partial charge < -0.3 is 14.2 Å². The molecule has 2 aromatic carbocycles. The summed E-state index contributed by atoms with van der Waals surface area (Å²) in [5.41, 5.74) is 1.61. The second-order valence-electron chi connectivity index (χ2n) is 6.38. The Morgan fingerprint density at radius 3 is 2.28 bits per heavy atom. The first-order valence-corrected chi connectivity index (χ1v) is 9.86. The highest BCUT2D eigenvalue weighted by Crippen LogP contribution is 2.38. The molecule has 0 aliphatic carbocycles. The molecule has 0 aliphatic rings. The van der Waals surface area contributed by atoms with Crippen LogP contribution in [0, 0.1) is 0 Å². The fourth-order valence-electron chi connectivity index (χ4n) is 2.93. The zero-order chi connectivity index (χ0) is 20.8. The molecule has 7 nitrogen and oxygen atoms in total. The van der Waals surface area contributed by atoms with Crippen molar-refractivity contribution in [2.75, 3.05) is 26.6 Å². The standard InChI is InChI=1S/C21H23N3O4S/c1-13(14-8-6-5-7-9-14)10-18-23-24-21(29-18)22-20(25)15-11-16(26-2)19(28-4)17(12-15)27-3/h5-9,11-13H,10H2,1-4H3,(H,22,24,25)/t13-/m1/s1. The number of benzene rings is 2. The summed E-state index contributed by atoms with van der Waals surface area (Å²) in [5.74, 6) is 1.23. The number of hydrogen-bond donors (Lipinski definition) is 1. The van der Waals surface area contributed by atoms with Crippen LogP contribution in [-0.2, 0) is 6.42 Å². The molecule has 0 fully saturated rings. The molecule has 0 radical (unpaired) electrons. The number of aromatic nitrogens is 2. The first-order valence-electron chi connectivity index (χ1n) is 9.04. The van der Waals surface area contributed by atoms with Crippen LogP contribution in [0.5, 0.6) is 17.2 Å². The van der Waals surface area contributed by atoms with Gasteiger partial charge in [-0.25, -0.2) is 0 Å². The Morgan fingerprint density at radius 1 is 1.03 bits per heavy atom. The molecule has 0 spiro atoms. The lowest BCUT2D eigenvalue weighted by Gasteiger charge is -2.13. The summed E-state index contributed by atoms with van der Waals surface area (Å²) in [7, 11) is 4.52. The first-order chi connectivity index (χ1) is 14.0. The number of anilines is 1. The normalized spacial score (nSPS) is 11.6. The van der Waals surface area contributed by atoms with Gasteiger partial charge in [0.1, 0.15) is 5.01 Å². The molecule has 0 bridgehead atoms. The quantitative estimate of drug-likeness (QED) is 0.597. The van der Waals surface area contributed by atoms with Gasteiger partial charge >= 0.3 is 0 Å². The SMILES string of the molecule is COc1cc(C(=O)Nc2nnc(C[C@@H](C)c3ccccc3)s2)cc(OC)c1OC. The summed E-state index contributed by atoms with van der Waals surface area (Å²) in [6.45, 7) is 2.14. The van der Waals surface area contributed by atoms with E-state index >= 15 is 0 Å². The number of ether oxygens (including phenoxy) is 3. The molecule has 29 heavy (non-hydrogen) atoms. The highest BCUT2D eigenvalue weighted by Gasteiger charge is 2.18. The van der Waals surface area contributed by atoms with Crippen LogP contribution in [0.4, 0.5) is 5.13 Å². The summed E-state index contributed by atoms with van der Waals surface area (Å²) < 4.78 is 15.9. The van der Waals surface area contributed by atoms with Gasteiger partial charge in [-0.3, -0.25) is 10.1 Å². The average Bonchev–Trinajstić information content (AvgIpc) is 3.19. The Balaban J connectivity index is 1.72. The van der Waals surface area contributed by atoms with Gasteiger partial charge in [0.05, 0.1) is 21.3 Å². The van der Waals surface area contributed by atoms with Gasteiger partial charge in [0, 0.05) is 12.0 Å². The Bertz CT molecular complexity index is 950. The highest BCUT2D eigenvalue weighted by molar-refractivity contribution is 7.15. The van der Waals surface area contributed by atoms with Gasteiger partial charge in [-0.2, -0.15) is 0 Å². The van der Waals surface area contributed by atoms with Gasteiger partial charge in [-0.1, -0.05) is 48.6 Å². The van der Waals surface area contributed by atoms with Crippen LogP contribution >= 0.6 is 11.3 Å². The average molecular weight is 413 g/mol. The minimum Gasteiger partial charge on any atom is -0.493 e. The smallest absolute Gasteiger partial charge is 0.257 e. The van der Waals surface area contributed by atoms with E-state index < -0.39 is 0 Å². The Labute approximate surface area is 173 Å². The summed E-state index contributed by atoms with van der Waals surface area (Å²) in [6.07, 6.45) is 0.752. The van der Waals surface area contributed by atoms with Crippen LogP contribution in [0.3, 0.4) is 0 Å². The van der Waals surface area contributed by atoms with Crippen LogP contribution in [0.15, 0.2) is 42.5 Å². The number of amides is 1. The minimum atomic E-state index is -0.330. The second kappa shape index (κ2) is 9.38. The molecular weight excluding hydrogens is 390 g/mol. The van der Waals surface area contributed by atoms with E-state index in [0.717, 1.165) is 11.4 Å². The molecule has 1 heterocycles. The van der Waals surface area contributed by atoms with E-state index in [-0.39, 0.29) is 5.91 Å². The Morgan fingerprint density at radius 2 is 1.69 bits per heavy atom. The van der Waals surface area contributed by atoms with Crippen molar-refractivity contribution in [3.8, 4) is 17.2 Å². The molecule has 0 saturated heterocycles. The first kappa shape index (κ1) is 20.6. The van der Waals surface area contributed by atoms with Crippen molar-refractivity contribution in [3.63, 3.8) is 0 Å². The molecule has 0 saturated carbocycles. The van der Waals surface area contributed by atoms with Crippen molar-refractivity contribution in [2.45, 2.75) is 19.3 Å². The number of carbonyl (C=O) groups excluding carboxylic acids is 1. The van der Waals surface area contributed by atoms with E-state index in [1.165, 1.54) is 38.2 Å². The third-order valence-corrected chi connectivity index (χ3v) is 5.32. The maximum absolute atomic E-state index is 12.7. The molecule has 0 aliphatic heterocycles. The van der Waals surface area contributed by atoms with E-state index in [4.69, 9.17) is 14.2 Å². The van der Waals surface area contributed by atoms with Gasteiger partial charge in [-0.05, 0) is 23.6 Å². The minimum absolute atomic E-state index is 0.308. The van der Waals surface area contributed by atoms with Crippen molar-refractivity contribution in [1.82, 2.24) is 10.2 Å². The molecular formula is C21H23N3O4S. The van der Waals surface area contributed by atoms with Crippen molar-refractivity contribution in [2.24, 2.45) is 0 Å². The van der Waals surface area contributed by atoms with E-state index in [1.54, 1.807) is 12.1 Å². The topological polar surface area (TPSA) is 82.6 Å². The molecule has 3 aromatic rings. The largest absolute Gasteiger partial charge is 0.493 e. The zero-order valence-electron chi connectivity index (χ0n) is 16.8. The Hall–Kier alpha value is -3.13. The van der Waals surface area contributed by atoms with Crippen LogP contribution in [0.1, 0.15) is 33.8 Å². The van der Waals surface area contributed by atoms with Gasteiger partial charge in [0.25, 0.3) is 5.91 Å². The number of methoxy groups -OCH3 is 3. The van der Waals surface area contributed by atoms with E-state index in [9.17, 15) is 4.79 Å². The third kappa shape index (κ3) is 4.83. The monoisotopic (exact) mass is 413 g/mol. The lowest BCUT2D eigenvalue weighted by Crippen LogP contribution is -2.12. The lowest BCUT2D eigenvalue weighted by molar-refractivity contribution is 0.102. The molecule has 8 heteroatoms. The van der Waals surface area contributed by atoms with Crippen LogP contribution in [-0.4, -0.2) is 37.4 Å². The van der Waals surface area contributed by atoms with Crippen molar-refractivity contribution in [3.05, 3.63) is 58.6 Å². The fourth-order valence-corrected chi connectivity index (χ4v) is 3.79. The van der Waals surface area contributed by atoms with E-state index in [0.29, 0.717) is 33.9 Å². The van der Waals surface area contributed by atoms with Crippen LogP contribution < -0.4 is 19.5 Å². The molecule has 1 aromatic heterocycles. The van der Waals surface area contributed by atoms with Gasteiger partial charge in [0.15, 0.2) is 11.5 Å². The van der Waals surface area contributed by atoms with Crippen LogP contribution in [0.25, 0.3) is 0 Å². The van der Waals surface area contributed by atoms with Gasteiger partial charge in [-0.15, -0.1) is 10.2 Å². The molecule has 152 valence electrons. The lowest BCUT2D eigenvalue weighted by atomic mass is 9.98. The highest BCUT2D eigenvalue weighted by atomic mass is 32.1. The molecule has 3 rings (SSSR count). The molecule has 1 N–H and O–H groups in total. The third-order valence-electron chi connectivity index (χ3n) is 4.46. The van der Waals surface area contributed by atoms with E-state index in [2.05, 4.69) is 34.6 Å².